The Hall–Kier alpha value is -1.65. The number of amides is 1. The molecule has 0 aromatic carbocycles. The summed E-state index contributed by atoms with van der Waals surface area (Å²) in [6.07, 6.45) is 4.23. The summed E-state index contributed by atoms with van der Waals surface area (Å²) in [4.78, 5) is 22.3. The molecule has 0 atom stereocenters. The number of aromatic nitrogens is 2. The van der Waals surface area contributed by atoms with Gasteiger partial charge in [0.2, 0.25) is 11.9 Å². The number of rotatable bonds is 5. The lowest BCUT2D eigenvalue weighted by atomic mass is 9.83. The van der Waals surface area contributed by atoms with E-state index in [2.05, 4.69) is 21.4 Å². The van der Waals surface area contributed by atoms with Gasteiger partial charge in [-0.15, -0.1) is 0 Å². The van der Waals surface area contributed by atoms with Crippen molar-refractivity contribution in [2.45, 2.75) is 38.5 Å². The van der Waals surface area contributed by atoms with Crippen LogP contribution >= 0.6 is 0 Å². The molecule has 1 N–H and O–H groups in total. The van der Waals surface area contributed by atoms with E-state index in [-0.39, 0.29) is 5.91 Å². The van der Waals surface area contributed by atoms with Gasteiger partial charge in [-0.1, -0.05) is 6.42 Å². The second kappa shape index (κ2) is 5.99. The van der Waals surface area contributed by atoms with E-state index < -0.39 is 0 Å². The Bertz CT molecular complexity index is 457. The van der Waals surface area contributed by atoms with Crippen LogP contribution in [0.5, 0.6) is 0 Å². The van der Waals surface area contributed by atoms with Crippen molar-refractivity contribution < 1.29 is 4.79 Å². The molecule has 0 spiro atoms. The molecule has 2 rings (SSSR count). The van der Waals surface area contributed by atoms with E-state index in [1.807, 2.05) is 18.9 Å². The molecule has 1 amide bonds. The molecule has 19 heavy (non-hydrogen) atoms. The Morgan fingerprint density at radius 2 is 2.21 bits per heavy atom. The molecule has 0 bridgehead atoms. The van der Waals surface area contributed by atoms with Crippen LogP contribution in [-0.2, 0) is 4.79 Å². The first kappa shape index (κ1) is 13.8. The molecular weight excluding hydrogens is 240 g/mol. The first-order valence-electron chi connectivity index (χ1n) is 6.87. The number of carbonyl (C=O) groups is 1. The number of nitrogens with one attached hydrogen (secondary N) is 1. The van der Waals surface area contributed by atoms with Gasteiger partial charge in [-0.25, -0.2) is 9.97 Å². The molecule has 0 radical (unpaired) electrons. The third kappa shape index (κ3) is 3.43. The van der Waals surface area contributed by atoms with E-state index in [0.717, 1.165) is 17.3 Å². The minimum atomic E-state index is 0.0405. The van der Waals surface area contributed by atoms with Gasteiger partial charge in [-0.3, -0.25) is 4.79 Å². The second-order valence-corrected chi connectivity index (χ2v) is 5.21. The Balaban J connectivity index is 2.05. The molecule has 104 valence electrons. The summed E-state index contributed by atoms with van der Waals surface area (Å²) >= 11 is 0. The van der Waals surface area contributed by atoms with E-state index in [4.69, 9.17) is 0 Å². The topological polar surface area (TPSA) is 58.1 Å². The minimum Gasteiger partial charge on any atom is -0.359 e. The lowest BCUT2D eigenvalue weighted by Crippen LogP contribution is -2.28. The number of hydrogen-bond acceptors (Lipinski definition) is 4. The molecule has 0 aliphatic heterocycles. The lowest BCUT2D eigenvalue weighted by Gasteiger charge is -2.26. The van der Waals surface area contributed by atoms with E-state index in [0.29, 0.717) is 18.9 Å². The fourth-order valence-corrected chi connectivity index (χ4v) is 2.15. The van der Waals surface area contributed by atoms with Crippen molar-refractivity contribution in [3.63, 3.8) is 0 Å². The summed E-state index contributed by atoms with van der Waals surface area (Å²) in [5.74, 6) is 1.37. The van der Waals surface area contributed by atoms with Crippen LogP contribution in [0.3, 0.4) is 0 Å². The third-order valence-electron chi connectivity index (χ3n) is 3.68. The number of aryl methyl sites for hydroxylation is 1. The van der Waals surface area contributed by atoms with Gasteiger partial charge in [0.05, 0.1) is 0 Å². The van der Waals surface area contributed by atoms with E-state index in [1.165, 1.54) is 19.3 Å². The summed E-state index contributed by atoms with van der Waals surface area (Å²) in [5.41, 5.74) is 2.15. The summed E-state index contributed by atoms with van der Waals surface area (Å²) in [6.45, 7) is 2.63. The van der Waals surface area contributed by atoms with Gasteiger partial charge in [-0.05, 0) is 25.8 Å². The summed E-state index contributed by atoms with van der Waals surface area (Å²) in [6, 6.07) is 2.08. The van der Waals surface area contributed by atoms with Crippen LogP contribution in [0.2, 0.25) is 0 Å². The smallest absolute Gasteiger partial charge is 0.225 e. The molecule has 1 aromatic rings. The Morgan fingerprint density at radius 3 is 2.79 bits per heavy atom. The Labute approximate surface area is 114 Å². The van der Waals surface area contributed by atoms with Crippen LogP contribution < -0.4 is 10.2 Å². The van der Waals surface area contributed by atoms with Crippen LogP contribution in [0.1, 0.15) is 43.0 Å². The highest BCUT2D eigenvalue weighted by Crippen LogP contribution is 2.35. The molecule has 0 saturated heterocycles. The van der Waals surface area contributed by atoms with Crippen LogP contribution in [0, 0.1) is 6.92 Å². The predicted molar refractivity (Wildman–Crippen MR) is 75.3 cm³/mol. The molecule has 1 aliphatic rings. The summed E-state index contributed by atoms with van der Waals surface area (Å²) < 4.78 is 0. The highest BCUT2D eigenvalue weighted by molar-refractivity contribution is 5.76. The molecular formula is C14H22N4O. The minimum absolute atomic E-state index is 0.0405. The highest BCUT2D eigenvalue weighted by Gasteiger charge is 2.22. The van der Waals surface area contributed by atoms with Crippen LogP contribution in [0.15, 0.2) is 6.07 Å². The standard InChI is InChI=1S/C14H22N4O/c1-10-9-12(11-5-4-6-11)17-14(16-10)18(3)8-7-13(19)15-2/h9,11H,4-8H2,1-3H3,(H,15,19). The third-order valence-corrected chi connectivity index (χ3v) is 3.68. The number of anilines is 1. The first-order valence-corrected chi connectivity index (χ1v) is 6.87. The normalized spacial score (nSPS) is 14.9. The number of hydrogen-bond donors (Lipinski definition) is 1. The first-order chi connectivity index (χ1) is 9.10. The Morgan fingerprint density at radius 1 is 1.47 bits per heavy atom. The van der Waals surface area contributed by atoms with Gasteiger partial charge in [0, 0.05) is 44.4 Å². The number of carbonyl (C=O) groups excluding carboxylic acids is 1. The van der Waals surface area contributed by atoms with Crippen LogP contribution in [-0.4, -0.2) is 36.5 Å². The van der Waals surface area contributed by atoms with Crippen LogP contribution in [0.25, 0.3) is 0 Å². The molecule has 1 heterocycles. The summed E-state index contributed by atoms with van der Waals surface area (Å²) in [5, 5.41) is 2.62. The maximum absolute atomic E-state index is 11.3. The molecule has 5 heteroatoms. The van der Waals surface area contributed by atoms with Gasteiger partial charge in [0.15, 0.2) is 0 Å². The molecule has 5 nitrogen and oxygen atoms in total. The zero-order valence-electron chi connectivity index (χ0n) is 11.9. The fraction of sp³-hybridized carbons (Fsp3) is 0.643. The monoisotopic (exact) mass is 262 g/mol. The SMILES string of the molecule is CNC(=O)CCN(C)c1nc(C)cc(C2CCC2)n1. The van der Waals surface area contributed by atoms with Crippen molar-refractivity contribution in [1.29, 1.82) is 0 Å². The van der Waals surface area contributed by atoms with Gasteiger partial charge in [0.1, 0.15) is 0 Å². The van der Waals surface area contributed by atoms with E-state index in [1.54, 1.807) is 7.05 Å². The second-order valence-electron chi connectivity index (χ2n) is 5.21. The van der Waals surface area contributed by atoms with Crippen molar-refractivity contribution in [3.05, 3.63) is 17.5 Å². The molecule has 1 saturated carbocycles. The van der Waals surface area contributed by atoms with Crippen molar-refractivity contribution in [2.75, 3.05) is 25.5 Å². The zero-order chi connectivity index (χ0) is 13.8. The van der Waals surface area contributed by atoms with Gasteiger partial charge in [0.25, 0.3) is 0 Å². The largest absolute Gasteiger partial charge is 0.359 e. The molecule has 0 unspecified atom stereocenters. The average molecular weight is 262 g/mol. The maximum Gasteiger partial charge on any atom is 0.225 e. The van der Waals surface area contributed by atoms with E-state index >= 15 is 0 Å². The maximum atomic E-state index is 11.3. The van der Waals surface area contributed by atoms with Crippen molar-refractivity contribution in [3.8, 4) is 0 Å². The fourth-order valence-electron chi connectivity index (χ4n) is 2.15. The predicted octanol–water partition coefficient (Wildman–Crippen LogP) is 1.62. The van der Waals surface area contributed by atoms with Gasteiger partial charge in [-0.2, -0.15) is 0 Å². The van der Waals surface area contributed by atoms with Crippen molar-refractivity contribution in [2.24, 2.45) is 0 Å². The Kier molecular flexibility index (Phi) is 4.35. The van der Waals surface area contributed by atoms with Crippen molar-refractivity contribution in [1.82, 2.24) is 15.3 Å². The quantitative estimate of drug-likeness (QED) is 0.876. The van der Waals surface area contributed by atoms with Crippen LogP contribution in [0.4, 0.5) is 5.95 Å². The van der Waals surface area contributed by atoms with E-state index in [9.17, 15) is 4.79 Å². The summed E-state index contributed by atoms with van der Waals surface area (Å²) in [7, 11) is 3.59. The van der Waals surface area contributed by atoms with Gasteiger partial charge < -0.3 is 10.2 Å². The number of nitrogens with zero attached hydrogens (tertiary/aromatic N) is 3. The van der Waals surface area contributed by atoms with Crippen molar-refractivity contribution >= 4 is 11.9 Å². The van der Waals surface area contributed by atoms with Gasteiger partial charge >= 0.3 is 0 Å². The molecule has 1 aromatic heterocycles. The molecule has 1 aliphatic carbocycles. The highest BCUT2D eigenvalue weighted by atomic mass is 16.1. The average Bonchev–Trinajstić information content (AvgIpc) is 2.32. The lowest BCUT2D eigenvalue weighted by molar-refractivity contribution is -0.120. The molecule has 1 fully saturated rings. The zero-order valence-corrected chi connectivity index (χ0v) is 11.9.